The highest BCUT2D eigenvalue weighted by Gasteiger charge is 2.55. The minimum atomic E-state index is -0.715. The summed E-state index contributed by atoms with van der Waals surface area (Å²) in [6, 6.07) is 13.3. The number of nitrogens with zero attached hydrogens (tertiary/aromatic N) is 3. The average molecular weight is 505 g/mol. The molecular weight excluding hydrogens is 480 g/mol. The number of rotatable bonds is 6. The molecule has 0 unspecified atom stereocenters. The maximum Gasteiger partial charge on any atom is 0.306 e. The van der Waals surface area contributed by atoms with Gasteiger partial charge in [0, 0.05) is 22.9 Å². The average Bonchev–Trinajstić information content (AvgIpc) is 3.23. The number of nitrogens with one attached hydrogen (secondary N) is 1. The number of pyridine rings is 1. The summed E-state index contributed by atoms with van der Waals surface area (Å²) in [5, 5.41) is 19.1. The molecule has 184 valence electrons. The number of fused-ring (bicyclic) bond motifs is 2. The number of methoxy groups -OCH3 is 1. The Kier molecular flexibility index (Phi) is 5.37. The first-order chi connectivity index (χ1) is 17.3. The highest BCUT2D eigenvalue weighted by atomic mass is 35.5. The number of aromatic nitrogens is 3. The standard InChI is InChI=1S/C27H25ClN4O4/c1-36-23-7-3-16-8-15(2-6-22(16)31-23)14-32-24-19(4-5-21(28)20(24)13-29-32)25(33)30-18-11-27(12-18)9-17(10-27)26(34)35/h2-8,13,17-18H,9-12,14H2,1H3,(H,30,33)(H,34,35). The van der Waals surface area contributed by atoms with Crippen molar-refractivity contribution < 1.29 is 19.4 Å². The molecule has 2 aliphatic carbocycles. The van der Waals surface area contributed by atoms with E-state index in [4.69, 9.17) is 21.4 Å². The second kappa shape index (κ2) is 8.48. The van der Waals surface area contributed by atoms with Gasteiger partial charge in [0.25, 0.3) is 5.91 Å². The Morgan fingerprint density at radius 2 is 1.97 bits per heavy atom. The van der Waals surface area contributed by atoms with E-state index in [1.165, 1.54) is 0 Å². The first-order valence-electron chi connectivity index (χ1n) is 12.0. The van der Waals surface area contributed by atoms with E-state index in [0.717, 1.165) is 34.7 Å². The SMILES string of the molecule is COc1ccc2cc(Cn3ncc4c(Cl)ccc(C(=O)NC5CC6(C5)CC(C(=O)O)C6)c43)ccc2n1. The Labute approximate surface area is 212 Å². The highest BCUT2D eigenvalue weighted by molar-refractivity contribution is 6.36. The third-order valence-electron chi connectivity index (χ3n) is 7.66. The predicted octanol–water partition coefficient (Wildman–Crippen LogP) is 4.67. The smallest absolute Gasteiger partial charge is 0.306 e. The second-order valence-corrected chi connectivity index (χ2v) is 10.5. The first kappa shape index (κ1) is 22.8. The van der Waals surface area contributed by atoms with Crippen LogP contribution in [0.4, 0.5) is 0 Å². The predicted molar refractivity (Wildman–Crippen MR) is 135 cm³/mol. The normalized spacial score (nSPS) is 22.8. The molecule has 36 heavy (non-hydrogen) atoms. The van der Waals surface area contributed by atoms with Crippen molar-refractivity contribution in [1.82, 2.24) is 20.1 Å². The van der Waals surface area contributed by atoms with Crippen molar-refractivity contribution in [3.8, 4) is 5.88 Å². The molecule has 1 amide bonds. The van der Waals surface area contributed by atoms with E-state index in [0.29, 0.717) is 41.4 Å². The van der Waals surface area contributed by atoms with Crippen LogP contribution in [0.15, 0.2) is 48.7 Å². The monoisotopic (exact) mass is 504 g/mol. The lowest BCUT2D eigenvalue weighted by Gasteiger charge is -2.56. The van der Waals surface area contributed by atoms with Crippen LogP contribution in [0.25, 0.3) is 21.8 Å². The molecule has 0 radical (unpaired) electrons. The number of carboxylic acid groups (broad SMARTS) is 1. The van der Waals surface area contributed by atoms with Crippen molar-refractivity contribution in [3.63, 3.8) is 0 Å². The third kappa shape index (κ3) is 3.86. The minimum absolute atomic E-state index is 0.0549. The fourth-order valence-electron chi connectivity index (χ4n) is 5.86. The largest absolute Gasteiger partial charge is 0.481 e. The van der Waals surface area contributed by atoms with Gasteiger partial charge in [-0.3, -0.25) is 14.3 Å². The number of ether oxygens (including phenoxy) is 1. The number of hydrogen-bond donors (Lipinski definition) is 2. The van der Waals surface area contributed by atoms with Gasteiger partial charge in [0.2, 0.25) is 5.88 Å². The van der Waals surface area contributed by atoms with E-state index in [2.05, 4.69) is 21.5 Å². The van der Waals surface area contributed by atoms with Crippen LogP contribution in [-0.2, 0) is 11.3 Å². The molecule has 6 rings (SSSR count). The van der Waals surface area contributed by atoms with E-state index in [-0.39, 0.29) is 23.3 Å². The number of carboxylic acids is 1. The lowest BCUT2D eigenvalue weighted by molar-refractivity contribution is -0.155. The van der Waals surface area contributed by atoms with Gasteiger partial charge >= 0.3 is 5.97 Å². The van der Waals surface area contributed by atoms with Gasteiger partial charge in [-0.2, -0.15) is 5.10 Å². The van der Waals surface area contributed by atoms with E-state index in [9.17, 15) is 9.59 Å². The van der Waals surface area contributed by atoms with Crippen LogP contribution in [0.1, 0.15) is 41.6 Å². The maximum absolute atomic E-state index is 13.3. The number of carbonyl (C=O) groups excluding carboxylic acids is 1. The van der Waals surface area contributed by atoms with Crippen molar-refractivity contribution in [2.45, 2.75) is 38.3 Å². The number of amides is 1. The summed E-state index contributed by atoms with van der Waals surface area (Å²) >= 11 is 6.45. The molecular formula is C27H25ClN4O4. The molecule has 1 spiro atoms. The van der Waals surface area contributed by atoms with E-state index in [1.54, 1.807) is 30.1 Å². The summed E-state index contributed by atoms with van der Waals surface area (Å²) in [6.07, 6.45) is 4.77. The van der Waals surface area contributed by atoms with Crippen LogP contribution in [0, 0.1) is 11.3 Å². The Hall–Kier alpha value is -3.65. The van der Waals surface area contributed by atoms with E-state index >= 15 is 0 Å². The molecule has 9 heteroatoms. The van der Waals surface area contributed by atoms with Crippen LogP contribution in [0.3, 0.4) is 0 Å². The highest BCUT2D eigenvalue weighted by Crippen LogP contribution is 2.58. The van der Waals surface area contributed by atoms with Gasteiger partial charge in [0.15, 0.2) is 0 Å². The van der Waals surface area contributed by atoms with Gasteiger partial charge in [0.1, 0.15) is 0 Å². The molecule has 0 saturated heterocycles. The van der Waals surface area contributed by atoms with Gasteiger partial charge < -0.3 is 15.2 Å². The Balaban J connectivity index is 1.23. The Morgan fingerprint density at radius 1 is 1.17 bits per heavy atom. The molecule has 2 aromatic heterocycles. The summed E-state index contributed by atoms with van der Waals surface area (Å²) in [7, 11) is 1.59. The summed E-state index contributed by atoms with van der Waals surface area (Å²) in [5.41, 5.74) is 3.16. The zero-order chi connectivity index (χ0) is 25.0. The van der Waals surface area contributed by atoms with Gasteiger partial charge in [-0.05, 0) is 67.0 Å². The van der Waals surface area contributed by atoms with Crippen LogP contribution in [-0.4, -0.2) is 44.9 Å². The maximum atomic E-state index is 13.3. The van der Waals surface area contributed by atoms with Crippen molar-refractivity contribution in [3.05, 3.63) is 64.8 Å². The lowest BCUT2D eigenvalue weighted by Crippen LogP contribution is -2.57. The van der Waals surface area contributed by atoms with Gasteiger partial charge in [-0.15, -0.1) is 0 Å². The summed E-state index contributed by atoms with van der Waals surface area (Å²) < 4.78 is 7.01. The van der Waals surface area contributed by atoms with Crippen LogP contribution in [0.2, 0.25) is 5.02 Å². The molecule has 2 heterocycles. The molecule has 4 aromatic rings. The number of halogens is 1. The quantitative estimate of drug-likeness (QED) is 0.395. The molecule has 0 bridgehead atoms. The van der Waals surface area contributed by atoms with Crippen molar-refractivity contribution in [1.29, 1.82) is 0 Å². The van der Waals surface area contributed by atoms with Crippen molar-refractivity contribution in [2.75, 3.05) is 7.11 Å². The first-order valence-corrected chi connectivity index (χ1v) is 12.3. The number of hydrogen-bond acceptors (Lipinski definition) is 5. The summed E-state index contributed by atoms with van der Waals surface area (Å²) in [6.45, 7) is 0.467. The fraction of sp³-hybridized carbons (Fsp3) is 0.333. The number of carbonyl (C=O) groups is 2. The molecule has 2 N–H and O–H groups in total. The van der Waals surface area contributed by atoms with Crippen molar-refractivity contribution >= 4 is 45.3 Å². The fourth-order valence-corrected chi connectivity index (χ4v) is 6.06. The summed E-state index contributed by atoms with van der Waals surface area (Å²) in [5.74, 6) is -0.552. The topological polar surface area (TPSA) is 106 Å². The van der Waals surface area contributed by atoms with Gasteiger partial charge in [0.05, 0.1) is 47.4 Å². The third-order valence-corrected chi connectivity index (χ3v) is 7.99. The molecule has 2 saturated carbocycles. The molecule has 2 aromatic carbocycles. The molecule has 0 atom stereocenters. The Morgan fingerprint density at radius 3 is 2.72 bits per heavy atom. The molecule has 2 aliphatic rings. The van der Waals surface area contributed by atoms with Crippen molar-refractivity contribution in [2.24, 2.45) is 11.3 Å². The molecule has 8 nitrogen and oxygen atoms in total. The number of aliphatic carboxylic acids is 1. The van der Waals surface area contributed by atoms with E-state index in [1.807, 2.05) is 24.3 Å². The zero-order valence-electron chi connectivity index (χ0n) is 19.7. The molecule has 2 fully saturated rings. The van der Waals surface area contributed by atoms with Crippen LogP contribution >= 0.6 is 11.6 Å². The Bertz CT molecular complexity index is 1520. The summed E-state index contributed by atoms with van der Waals surface area (Å²) in [4.78, 5) is 28.9. The minimum Gasteiger partial charge on any atom is -0.481 e. The zero-order valence-corrected chi connectivity index (χ0v) is 20.5. The van der Waals surface area contributed by atoms with Gasteiger partial charge in [-0.1, -0.05) is 17.7 Å². The van der Waals surface area contributed by atoms with Gasteiger partial charge in [-0.25, -0.2) is 4.98 Å². The number of benzene rings is 2. The lowest BCUT2D eigenvalue weighted by atomic mass is 9.50. The van der Waals surface area contributed by atoms with Crippen LogP contribution < -0.4 is 10.1 Å². The van der Waals surface area contributed by atoms with Crippen LogP contribution in [0.5, 0.6) is 5.88 Å². The second-order valence-electron chi connectivity index (χ2n) is 10.1. The van der Waals surface area contributed by atoms with E-state index < -0.39 is 5.97 Å². The molecule has 0 aliphatic heterocycles.